The van der Waals surface area contributed by atoms with Gasteiger partial charge in [-0.2, -0.15) is 0 Å². The number of hydrogen-bond donors (Lipinski definition) is 2. The van der Waals surface area contributed by atoms with E-state index in [4.69, 9.17) is 0 Å². The van der Waals surface area contributed by atoms with Crippen molar-refractivity contribution in [1.82, 2.24) is 15.1 Å². The van der Waals surface area contributed by atoms with Gasteiger partial charge < -0.3 is 20.2 Å². The lowest BCUT2D eigenvalue weighted by molar-refractivity contribution is 0.132. The van der Waals surface area contributed by atoms with Crippen molar-refractivity contribution < 1.29 is 5.11 Å². The van der Waals surface area contributed by atoms with Crippen LogP contribution in [0.3, 0.4) is 0 Å². The summed E-state index contributed by atoms with van der Waals surface area (Å²) in [6.45, 7) is 7.82. The second-order valence-electron chi connectivity index (χ2n) is 5.44. The Bertz CT molecular complexity index is 191. The largest absolute Gasteiger partial charge is 0.395 e. The van der Waals surface area contributed by atoms with Gasteiger partial charge in [0.2, 0.25) is 0 Å². The molecule has 0 aromatic carbocycles. The molecule has 0 amide bonds. The van der Waals surface area contributed by atoms with Crippen LogP contribution >= 0.6 is 0 Å². The summed E-state index contributed by atoms with van der Waals surface area (Å²) in [7, 11) is 4.30. The number of aliphatic hydroxyl groups excluding tert-OH is 1. The smallest absolute Gasteiger partial charge is 0.0597 e. The average molecular weight is 243 g/mol. The van der Waals surface area contributed by atoms with Crippen LogP contribution in [0.25, 0.3) is 0 Å². The first-order valence-corrected chi connectivity index (χ1v) is 6.87. The predicted molar refractivity (Wildman–Crippen MR) is 72.3 cm³/mol. The molecule has 1 unspecified atom stereocenters. The van der Waals surface area contributed by atoms with E-state index in [0.29, 0.717) is 0 Å². The predicted octanol–water partition coefficient (Wildman–Crippen LogP) is 0.230. The maximum Gasteiger partial charge on any atom is 0.0597 e. The normalized spacial score (nSPS) is 21.0. The summed E-state index contributed by atoms with van der Waals surface area (Å²) in [5, 5.41) is 12.6. The molecular formula is C13H29N3O. The molecule has 0 radical (unpaired) electrons. The molecule has 0 bridgehead atoms. The van der Waals surface area contributed by atoms with Crippen LogP contribution in [0.4, 0.5) is 0 Å². The van der Waals surface area contributed by atoms with E-state index in [1.54, 1.807) is 0 Å². The van der Waals surface area contributed by atoms with Crippen molar-refractivity contribution >= 4 is 0 Å². The fourth-order valence-corrected chi connectivity index (χ4v) is 2.66. The molecule has 1 heterocycles. The van der Waals surface area contributed by atoms with Gasteiger partial charge in [-0.3, -0.25) is 0 Å². The van der Waals surface area contributed by atoms with Gasteiger partial charge in [-0.05, 0) is 52.5 Å². The first-order valence-electron chi connectivity index (χ1n) is 6.87. The fourth-order valence-electron chi connectivity index (χ4n) is 2.66. The summed E-state index contributed by atoms with van der Waals surface area (Å²) in [6.07, 6.45) is 2.59. The molecule has 4 heteroatoms. The van der Waals surface area contributed by atoms with Crippen molar-refractivity contribution in [1.29, 1.82) is 0 Å². The summed E-state index contributed by atoms with van der Waals surface area (Å²) < 4.78 is 0. The number of aliphatic hydroxyl groups is 1. The minimum Gasteiger partial charge on any atom is -0.395 e. The Kier molecular flexibility index (Phi) is 7.04. The monoisotopic (exact) mass is 243 g/mol. The van der Waals surface area contributed by atoms with Crippen molar-refractivity contribution in [2.75, 3.05) is 53.4 Å². The lowest BCUT2D eigenvalue weighted by Crippen LogP contribution is -2.46. The molecule has 0 spiro atoms. The Morgan fingerprint density at radius 2 is 2.00 bits per heavy atom. The number of hydrogen-bond acceptors (Lipinski definition) is 4. The first kappa shape index (κ1) is 14.9. The third-order valence-corrected chi connectivity index (χ3v) is 3.52. The second kappa shape index (κ2) is 8.03. The van der Waals surface area contributed by atoms with E-state index in [9.17, 15) is 5.11 Å². The highest BCUT2D eigenvalue weighted by Gasteiger charge is 2.21. The first-order chi connectivity index (χ1) is 8.15. The summed E-state index contributed by atoms with van der Waals surface area (Å²) >= 11 is 0. The second-order valence-corrected chi connectivity index (χ2v) is 5.44. The molecular weight excluding hydrogens is 214 g/mol. The Morgan fingerprint density at radius 1 is 1.35 bits per heavy atom. The summed E-state index contributed by atoms with van der Waals surface area (Å²) in [5.41, 5.74) is 0. The topological polar surface area (TPSA) is 38.7 Å². The molecule has 17 heavy (non-hydrogen) atoms. The zero-order valence-electron chi connectivity index (χ0n) is 11.7. The van der Waals surface area contributed by atoms with Crippen LogP contribution < -0.4 is 5.32 Å². The summed E-state index contributed by atoms with van der Waals surface area (Å²) in [6, 6.07) is 0.241. The zero-order valence-corrected chi connectivity index (χ0v) is 11.7. The van der Waals surface area contributed by atoms with Crippen LogP contribution in [0.1, 0.15) is 19.8 Å². The van der Waals surface area contributed by atoms with Crippen LogP contribution in [0.2, 0.25) is 0 Å². The zero-order chi connectivity index (χ0) is 12.7. The highest BCUT2D eigenvalue weighted by Crippen LogP contribution is 2.17. The van der Waals surface area contributed by atoms with E-state index in [2.05, 4.69) is 36.1 Å². The number of nitrogens with zero attached hydrogens (tertiary/aromatic N) is 2. The number of likely N-dealkylation sites (tertiary alicyclic amines) is 1. The average Bonchev–Trinajstić information content (AvgIpc) is 2.30. The molecule has 1 fully saturated rings. The van der Waals surface area contributed by atoms with E-state index < -0.39 is 0 Å². The van der Waals surface area contributed by atoms with Crippen LogP contribution in [0.5, 0.6) is 0 Å². The van der Waals surface area contributed by atoms with Crippen LogP contribution in [-0.4, -0.2) is 74.4 Å². The van der Waals surface area contributed by atoms with E-state index in [1.807, 2.05) is 0 Å². The van der Waals surface area contributed by atoms with E-state index in [0.717, 1.165) is 19.0 Å². The molecule has 102 valence electrons. The lowest BCUT2D eigenvalue weighted by atomic mass is 9.96. The van der Waals surface area contributed by atoms with Crippen molar-refractivity contribution in [3.05, 3.63) is 0 Å². The lowest BCUT2D eigenvalue weighted by Gasteiger charge is -2.35. The highest BCUT2D eigenvalue weighted by atomic mass is 16.3. The van der Waals surface area contributed by atoms with Crippen LogP contribution in [0.15, 0.2) is 0 Å². The standard InChI is InChI=1S/C13H29N3O/c1-4-14-13(11-17)10-16-7-5-12(6-8-16)9-15(2)3/h12-14,17H,4-11H2,1-3H3. The molecule has 1 atom stereocenters. The molecule has 1 aliphatic rings. The van der Waals surface area contributed by atoms with Crippen molar-refractivity contribution in [3.8, 4) is 0 Å². The van der Waals surface area contributed by atoms with Crippen molar-refractivity contribution in [3.63, 3.8) is 0 Å². The number of rotatable bonds is 7. The Labute approximate surface area is 106 Å². The summed E-state index contributed by atoms with van der Waals surface area (Å²) in [4.78, 5) is 4.77. The summed E-state index contributed by atoms with van der Waals surface area (Å²) in [5.74, 6) is 0.855. The molecule has 0 aliphatic carbocycles. The van der Waals surface area contributed by atoms with E-state index in [-0.39, 0.29) is 12.6 Å². The quantitative estimate of drug-likeness (QED) is 0.671. The highest BCUT2D eigenvalue weighted by molar-refractivity contribution is 4.77. The minimum atomic E-state index is 0.241. The molecule has 1 aliphatic heterocycles. The van der Waals surface area contributed by atoms with E-state index in [1.165, 1.54) is 32.5 Å². The number of nitrogens with one attached hydrogen (secondary N) is 1. The molecule has 1 saturated heterocycles. The molecule has 1 rings (SSSR count). The SMILES string of the molecule is CCNC(CO)CN1CCC(CN(C)C)CC1. The maximum atomic E-state index is 9.26. The van der Waals surface area contributed by atoms with Gasteiger partial charge in [-0.15, -0.1) is 0 Å². The van der Waals surface area contributed by atoms with Gasteiger partial charge in [0.15, 0.2) is 0 Å². The van der Waals surface area contributed by atoms with E-state index >= 15 is 0 Å². The van der Waals surface area contributed by atoms with Crippen molar-refractivity contribution in [2.24, 2.45) is 5.92 Å². The van der Waals surface area contributed by atoms with Gasteiger partial charge in [0, 0.05) is 19.1 Å². The van der Waals surface area contributed by atoms with Gasteiger partial charge in [0.25, 0.3) is 0 Å². The Balaban J connectivity index is 2.22. The van der Waals surface area contributed by atoms with Gasteiger partial charge >= 0.3 is 0 Å². The van der Waals surface area contributed by atoms with Gasteiger partial charge in [-0.1, -0.05) is 6.92 Å². The van der Waals surface area contributed by atoms with Gasteiger partial charge in [0.05, 0.1) is 6.61 Å². The Morgan fingerprint density at radius 3 is 2.47 bits per heavy atom. The van der Waals surface area contributed by atoms with Crippen LogP contribution in [0, 0.1) is 5.92 Å². The van der Waals surface area contributed by atoms with Gasteiger partial charge in [-0.25, -0.2) is 0 Å². The Hall–Kier alpha value is -0.160. The van der Waals surface area contributed by atoms with Crippen LogP contribution in [-0.2, 0) is 0 Å². The van der Waals surface area contributed by atoms with Crippen molar-refractivity contribution in [2.45, 2.75) is 25.8 Å². The molecule has 0 saturated carbocycles. The molecule has 0 aromatic rings. The number of piperidine rings is 1. The minimum absolute atomic E-state index is 0.241. The molecule has 2 N–H and O–H groups in total. The molecule has 0 aromatic heterocycles. The maximum absolute atomic E-state index is 9.26. The third-order valence-electron chi connectivity index (χ3n) is 3.52. The fraction of sp³-hybridized carbons (Fsp3) is 1.00. The molecule has 4 nitrogen and oxygen atoms in total. The third kappa shape index (κ3) is 5.82. The van der Waals surface area contributed by atoms with Gasteiger partial charge in [0.1, 0.15) is 0 Å². The number of likely N-dealkylation sites (N-methyl/N-ethyl adjacent to an activating group) is 1.